The van der Waals surface area contributed by atoms with Crippen molar-refractivity contribution in [2.45, 2.75) is 6.92 Å². The number of nitrogens with one attached hydrogen (secondary N) is 3. The largest absolute Gasteiger partial charge is 0.348 e. The van der Waals surface area contributed by atoms with Gasteiger partial charge in [0.15, 0.2) is 0 Å². The summed E-state index contributed by atoms with van der Waals surface area (Å²) >= 11 is 0. The molecule has 0 unspecified atom stereocenters. The topological polar surface area (TPSA) is 56.4 Å². The average molecular weight is 116 g/mol. The van der Waals surface area contributed by atoms with Crippen LogP contribution in [0.2, 0.25) is 0 Å². The molecular weight excluding hydrogens is 108 g/mol. The van der Waals surface area contributed by atoms with E-state index in [4.69, 9.17) is 0 Å². The molecule has 0 spiro atoms. The second-order valence-electron chi connectivity index (χ2n) is 1.41. The molecule has 1 rings (SSSR count). The van der Waals surface area contributed by atoms with Gasteiger partial charge >= 0.3 is 6.03 Å². The number of rotatable bonds is 1. The standard InChI is InChI=1S/C3H8N4O/c1-2-7-3(8)4-5-6-7/h5-6H,2H2,1H3,(H,4,8). The van der Waals surface area contributed by atoms with Gasteiger partial charge in [-0.2, -0.15) is 0 Å². The maximum Gasteiger partial charge on any atom is 0.348 e. The van der Waals surface area contributed by atoms with E-state index < -0.39 is 0 Å². The Labute approximate surface area is 46.9 Å². The highest BCUT2D eigenvalue weighted by Crippen LogP contribution is 1.83. The molecule has 46 valence electrons. The lowest BCUT2D eigenvalue weighted by molar-refractivity contribution is 0.202. The van der Waals surface area contributed by atoms with Crippen LogP contribution in [0.25, 0.3) is 0 Å². The molecule has 1 heterocycles. The molecule has 1 aliphatic rings. The van der Waals surface area contributed by atoms with Gasteiger partial charge in [-0.25, -0.2) is 9.80 Å². The van der Waals surface area contributed by atoms with Crippen LogP contribution < -0.4 is 16.5 Å². The molecule has 0 radical (unpaired) electrons. The summed E-state index contributed by atoms with van der Waals surface area (Å²) < 4.78 is 0. The van der Waals surface area contributed by atoms with Crippen LogP contribution in [0.1, 0.15) is 6.92 Å². The van der Waals surface area contributed by atoms with Crippen LogP contribution >= 0.6 is 0 Å². The van der Waals surface area contributed by atoms with Gasteiger partial charge in [-0.05, 0) is 6.92 Å². The lowest BCUT2D eigenvalue weighted by Gasteiger charge is -2.06. The molecule has 5 nitrogen and oxygen atoms in total. The summed E-state index contributed by atoms with van der Waals surface area (Å²) in [7, 11) is 0. The minimum atomic E-state index is -0.146. The van der Waals surface area contributed by atoms with Gasteiger partial charge in [0.2, 0.25) is 0 Å². The molecule has 5 heteroatoms. The Morgan fingerprint density at radius 3 is 2.75 bits per heavy atom. The van der Waals surface area contributed by atoms with E-state index in [-0.39, 0.29) is 6.03 Å². The highest BCUT2D eigenvalue weighted by Gasteiger charge is 2.15. The molecule has 0 saturated carbocycles. The molecule has 0 aliphatic carbocycles. The van der Waals surface area contributed by atoms with Gasteiger partial charge in [0.25, 0.3) is 0 Å². The summed E-state index contributed by atoms with van der Waals surface area (Å²) in [4.78, 5) is 10.5. The van der Waals surface area contributed by atoms with E-state index in [0.29, 0.717) is 6.54 Å². The van der Waals surface area contributed by atoms with Gasteiger partial charge in [-0.15, -0.1) is 11.1 Å². The van der Waals surface area contributed by atoms with E-state index in [1.54, 1.807) is 0 Å². The van der Waals surface area contributed by atoms with Gasteiger partial charge < -0.3 is 0 Å². The fourth-order valence-corrected chi connectivity index (χ4v) is 0.490. The molecule has 0 atom stereocenters. The SMILES string of the molecule is CCN1NNNC1=O. The normalized spacial score (nSPS) is 19.1. The van der Waals surface area contributed by atoms with Crippen LogP contribution in [-0.2, 0) is 0 Å². The van der Waals surface area contributed by atoms with Gasteiger partial charge in [-0.1, -0.05) is 0 Å². The molecule has 8 heavy (non-hydrogen) atoms. The first-order chi connectivity index (χ1) is 3.84. The quantitative estimate of drug-likeness (QED) is 0.410. The van der Waals surface area contributed by atoms with E-state index in [2.05, 4.69) is 16.5 Å². The zero-order chi connectivity index (χ0) is 5.98. The van der Waals surface area contributed by atoms with Crippen LogP contribution in [0, 0.1) is 0 Å². The Morgan fingerprint density at radius 1 is 1.75 bits per heavy atom. The van der Waals surface area contributed by atoms with Crippen molar-refractivity contribution < 1.29 is 4.79 Å². The van der Waals surface area contributed by atoms with Crippen molar-refractivity contribution in [1.82, 2.24) is 21.5 Å². The predicted molar refractivity (Wildman–Crippen MR) is 27.2 cm³/mol. The highest BCUT2D eigenvalue weighted by atomic mass is 16.2. The minimum absolute atomic E-state index is 0.146. The fourth-order valence-electron chi connectivity index (χ4n) is 0.490. The van der Waals surface area contributed by atoms with Crippen LogP contribution in [0.4, 0.5) is 4.79 Å². The molecule has 1 aliphatic heterocycles. The van der Waals surface area contributed by atoms with E-state index in [0.717, 1.165) is 0 Å². The Bertz CT molecular complexity index is 103. The van der Waals surface area contributed by atoms with Crippen LogP contribution in [0.15, 0.2) is 0 Å². The maximum absolute atomic E-state index is 10.5. The van der Waals surface area contributed by atoms with Crippen molar-refractivity contribution in [3.8, 4) is 0 Å². The van der Waals surface area contributed by atoms with Gasteiger partial charge in [0.05, 0.1) is 0 Å². The lowest BCUT2D eigenvalue weighted by atomic mass is 10.7. The third-order valence-electron chi connectivity index (χ3n) is 0.922. The van der Waals surface area contributed by atoms with E-state index in [1.165, 1.54) is 5.01 Å². The smallest absolute Gasteiger partial charge is 0.257 e. The second kappa shape index (κ2) is 1.97. The summed E-state index contributed by atoms with van der Waals surface area (Å²) in [5.74, 6) is 0. The summed E-state index contributed by atoms with van der Waals surface area (Å²) in [6, 6.07) is -0.146. The molecule has 2 amide bonds. The van der Waals surface area contributed by atoms with Crippen molar-refractivity contribution in [1.29, 1.82) is 0 Å². The Kier molecular flexibility index (Phi) is 1.32. The van der Waals surface area contributed by atoms with Crippen LogP contribution in [0.3, 0.4) is 0 Å². The first kappa shape index (κ1) is 5.33. The van der Waals surface area contributed by atoms with E-state index in [9.17, 15) is 4.79 Å². The number of hydrogen-bond donors (Lipinski definition) is 3. The van der Waals surface area contributed by atoms with E-state index in [1.807, 2.05) is 6.92 Å². The van der Waals surface area contributed by atoms with Crippen molar-refractivity contribution in [3.05, 3.63) is 0 Å². The number of carbonyl (C=O) groups is 1. The number of hydrogen-bond acceptors (Lipinski definition) is 3. The zero-order valence-electron chi connectivity index (χ0n) is 4.56. The first-order valence-corrected chi connectivity index (χ1v) is 2.42. The number of urea groups is 1. The molecule has 1 saturated heterocycles. The number of nitrogens with zero attached hydrogens (tertiary/aromatic N) is 1. The molecule has 0 aromatic heterocycles. The number of carbonyl (C=O) groups excluding carboxylic acids is 1. The van der Waals surface area contributed by atoms with Crippen molar-refractivity contribution >= 4 is 6.03 Å². The zero-order valence-corrected chi connectivity index (χ0v) is 4.56. The fraction of sp³-hybridized carbons (Fsp3) is 0.667. The number of hydrazine groups is 3. The maximum atomic E-state index is 10.5. The summed E-state index contributed by atoms with van der Waals surface area (Å²) in [6.07, 6.45) is 0. The first-order valence-electron chi connectivity index (χ1n) is 2.42. The second-order valence-corrected chi connectivity index (χ2v) is 1.41. The molecule has 1 fully saturated rings. The molecule has 3 N–H and O–H groups in total. The Morgan fingerprint density at radius 2 is 2.50 bits per heavy atom. The minimum Gasteiger partial charge on any atom is -0.257 e. The van der Waals surface area contributed by atoms with Crippen molar-refractivity contribution in [2.75, 3.05) is 6.54 Å². The Balaban J connectivity index is 2.42. The third-order valence-corrected chi connectivity index (χ3v) is 0.922. The predicted octanol–water partition coefficient (Wildman–Crippen LogP) is -1.04. The molecule has 0 aromatic carbocycles. The monoisotopic (exact) mass is 116 g/mol. The van der Waals surface area contributed by atoms with Gasteiger partial charge in [-0.3, -0.25) is 5.43 Å². The third kappa shape index (κ3) is 0.728. The summed E-state index contributed by atoms with van der Waals surface area (Å²) in [6.45, 7) is 2.53. The average Bonchev–Trinajstić information content (AvgIpc) is 2.14. The van der Waals surface area contributed by atoms with Crippen LogP contribution in [-0.4, -0.2) is 17.6 Å². The summed E-state index contributed by atoms with van der Waals surface area (Å²) in [5, 5.41) is 1.42. The lowest BCUT2D eigenvalue weighted by Crippen LogP contribution is -2.37. The van der Waals surface area contributed by atoms with Crippen LogP contribution in [0.5, 0.6) is 0 Å². The highest BCUT2D eigenvalue weighted by molar-refractivity contribution is 5.74. The Hall–Kier alpha value is -0.810. The van der Waals surface area contributed by atoms with E-state index >= 15 is 0 Å². The number of amides is 2. The van der Waals surface area contributed by atoms with Crippen molar-refractivity contribution in [2.24, 2.45) is 0 Å². The van der Waals surface area contributed by atoms with Gasteiger partial charge in [0.1, 0.15) is 0 Å². The summed E-state index contributed by atoms with van der Waals surface area (Å²) in [5.41, 5.74) is 7.37. The van der Waals surface area contributed by atoms with Crippen molar-refractivity contribution in [3.63, 3.8) is 0 Å². The molecule has 0 aromatic rings. The molecular formula is C3H8N4O. The molecule has 0 bridgehead atoms. The van der Waals surface area contributed by atoms with Gasteiger partial charge in [0, 0.05) is 6.54 Å².